The predicted molar refractivity (Wildman–Crippen MR) is 49.8 cm³/mol. The zero-order valence-corrected chi connectivity index (χ0v) is 7.59. The molecule has 1 rings (SSSR count). The van der Waals surface area contributed by atoms with Crippen molar-refractivity contribution in [3.63, 3.8) is 0 Å². The van der Waals surface area contributed by atoms with E-state index in [4.69, 9.17) is 0 Å². The summed E-state index contributed by atoms with van der Waals surface area (Å²) in [7, 11) is 0. The monoisotopic (exact) mass is 165 g/mol. The van der Waals surface area contributed by atoms with Crippen LogP contribution in [0.2, 0.25) is 0 Å². The van der Waals surface area contributed by atoms with Gasteiger partial charge in [-0.05, 0) is 13.8 Å². The minimum Gasteiger partial charge on any atom is -0.345 e. The van der Waals surface area contributed by atoms with Crippen LogP contribution in [0.4, 0.5) is 0 Å². The van der Waals surface area contributed by atoms with Gasteiger partial charge < -0.3 is 10.3 Å². The Morgan fingerprint density at radius 1 is 1.83 bits per heavy atom. The molecule has 1 atom stereocenters. The molecule has 0 saturated carbocycles. The Bertz CT molecular complexity index is 252. The summed E-state index contributed by atoms with van der Waals surface area (Å²) in [5.74, 6) is 0.957. The van der Waals surface area contributed by atoms with Gasteiger partial charge in [0.05, 0.1) is 0 Å². The molecule has 1 aromatic heterocycles. The van der Waals surface area contributed by atoms with Crippen molar-refractivity contribution in [2.24, 2.45) is 0 Å². The third-order valence-corrected chi connectivity index (χ3v) is 1.72. The standard InChI is InChI=1S/C9H15N3/c1-4-7(2)10-5-9-6-11-8(3)12-9/h4,6-7,10H,1,5H2,2-3H3,(H,11,12). The summed E-state index contributed by atoms with van der Waals surface area (Å²) >= 11 is 0. The number of aromatic nitrogens is 2. The van der Waals surface area contributed by atoms with E-state index in [0.717, 1.165) is 18.1 Å². The van der Waals surface area contributed by atoms with E-state index in [0.29, 0.717) is 6.04 Å². The number of H-pyrrole nitrogens is 1. The van der Waals surface area contributed by atoms with Crippen LogP contribution in [0.5, 0.6) is 0 Å². The topological polar surface area (TPSA) is 40.7 Å². The number of nitrogens with one attached hydrogen (secondary N) is 2. The molecule has 0 amide bonds. The van der Waals surface area contributed by atoms with Gasteiger partial charge in [0.2, 0.25) is 0 Å². The van der Waals surface area contributed by atoms with Gasteiger partial charge in [0.1, 0.15) is 5.82 Å². The maximum absolute atomic E-state index is 4.10. The maximum Gasteiger partial charge on any atom is 0.103 e. The summed E-state index contributed by atoms with van der Waals surface area (Å²) in [5, 5.41) is 3.27. The summed E-state index contributed by atoms with van der Waals surface area (Å²) in [5.41, 5.74) is 1.11. The summed E-state index contributed by atoms with van der Waals surface area (Å²) in [6.45, 7) is 8.51. The van der Waals surface area contributed by atoms with Gasteiger partial charge in [0.15, 0.2) is 0 Å². The van der Waals surface area contributed by atoms with E-state index in [1.807, 2.05) is 19.2 Å². The van der Waals surface area contributed by atoms with Crippen LogP contribution < -0.4 is 5.32 Å². The van der Waals surface area contributed by atoms with Crippen molar-refractivity contribution < 1.29 is 0 Å². The first-order valence-electron chi connectivity index (χ1n) is 4.09. The number of imidazole rings is 1. The normalized spacial score (nSPS) is 12.8. The molecule has 66 valence electrons. The minimum atomic E-state index is 0.341. The van der Waals surface area contributed by atoms with Crippen molar-refractivity contribution in [3.8, 4) is 0 Å². The van der Waals surface area contributed by atoms with E-state index in [9.17, 15) is 0 Å². The minimum absolute atomic E-state index is 0.341. The second-order valence-electron chi connectivity index (χ2n) is 2.90. The van der Waals surface area contributed by atoms with E-state index in [-0.39, 0.29) is 0 Å². The maximum atomic E-state index is 4.10. The van der Waals surface area contributed by atoms with E-state index in [2.05, 4.69) is 28.8 Å². The summed E-state index contributed by atoms with van der Waals surface area (Å²) in [6.07, 6.45) is 3.72. The molecule has 0 saturated heterocycles. The van der Waals surface area contributed by atoms with E-state index in [1.54, 1.807) is 0 Å². The highest BCUT2D eigenvalue weighted by molar-refractivity contribution is 5.00. The molecule has 2 N–H and O–H groups in total. The number of nitrogens with zero attached hydrogens (tertiary/aromatic N) is 1. The third kappa shape index (κ3) is 2.51. The van der Waals surface area contributed by atoms with Gasteiger partial charge >= 0.3 is 0 Å². The molecule has 0 fully saturated rings. The van der Waals surface area contributed by atoms with Crippen molar-refractivity contribution in [3.05, 3.63) is 30.4 Å². The Labute approximate surface area is 72.9 Å². The Kier molecular flexibility index (Phi) is 3.05. The second-order valence-corrected chi connectivity index (χ2v) is 2.90. The Morgan fingerprint density at radius 3 is 3.08 bits per heavy atom. The molecule has 0 radical (unpaired) electrons. The molecular weight excluding hydrogens is 150 g/mol. The number of hydrogen-bond acceptors (Lipinski definition) is 2. The molecule has 12 heavy (non-hydrogen) atoms. The summed E-state index contributed by atoms with van der Waals surface area (Å²) < 4.78 is 0. The van der Waals surface area contributed by atoms with E-state index < -0.39 is 0 Å². The average Bonchev–Trinajstić information content (AvgIpc) is 2.47. The van der Waals surface area contributed by atoms with Crippen molar-refractivity contribution in [1.82, 2.24) is 15.3 Å². The van der Waals surface area contributed by atoms with Crippen LogP contribution in [0.25, 0.3) is 0 Å². The van der Waals surface area contributed by atoms with Crippen LogP contribution >= 0.6 is 0 Å². The predicted octanol–water partition coefficient (Wildman–Crippen LogP) is 1.38. The molecule has 0 aliphatic rings. The quantitative estimate of drug-likeness (QED) is 0.662. The van der Waals surface area contributed by atoms with Gasteiger partial charge in [-0.2, -0.15) is 0 Å². The lowest BCUT2D eigenvalue weighted by Crippen LogP contribution is -2.23. The van der Waals surface area contributed by atoms with Crippen LogP contribution in [0.3, 0.4) is 0 Å². The molecule has 1 aromatic rings. The fourth-order valence-corrected chi connectivity index (χ4v) is 0.916. The number of aryl methyl sites for hydroxylation is 1. The zero-order chi connectivity index (χ0) is 8.97. The van der Waals surface area contributed by atoms with Gasteiger partial charge in [-0.3, -0.25) is 0 Å². The van der Waals surface area contributed by atoms with Crippen molar-refractivity contribution >= 4 is 0 Å². The van der Waals surface area contributed by atoms with Crippen LogP contribution in [0, 0.1) is 6.92 Å². The summed E-state index contributed by atoms with van der Waals surface area (Å²) in [4.78, 5) is 7.25. The first-order valence-corrected chi connectivity index (χ1v) is 4.09. The third-order valence-electron chi connectivity index (χ3n) is 1.72. The Balaban J connectivity index is 2.37. The van der Waals surface area contributed by atoms with Crippen LogP contribution in [0.1, 0.15) is 18.4 Å². The average molecular weight is 165 g/mol. The van der Waals surface area contributed by atoms with Gasteiger partial charge in [0, 0.05) is 24.5 Å². The van der Waals surface area contributed by atoms with Crippen molar-refractivity contribution in [2.45, 2.75) is 26.4 Å². The van der Waals surface area contributed by atoms with Crippen LogP contribution in [-0.4, -0.2) is 16.0 Å². The van der Waals surface area contributed by atoms with Crippen molar-refractivity contribution in [2.75, 3.05) is 0 Å². The van der Waals surface area contributed by atoms with E-state index >= 15 is 0 Å². The number of hydrogen-bond donors (Lipinski definition) is 2. The molecule has 3 nitrogen and oxygen atoms in total. The van der Waals surface area contributed by atoms with Crippen LogP contribution in [-0.2, 0) is 6.54 Å². The molecule has 1 heterocycles. The molecule has 0 bridgehead atoms. The largest absolute Gasteiger partial charge is 0.345 e. The van der Waals surface area contributed by atoms with Gasteiger partial charge in [0.25, 0.3) is 0 Å². The highest BCUT2D eigenvalue weighted by atomic mass is 15.0. The second kappa shape index (κ2) is 4.07. The molecule has 0 aromatic carbocycles. The van der Waals surface area contributed by atoms with Gasteiger partial charge in [-0.25, -0.2) is 4.98 Å². The molecule has 0 aliphatic carbocycles. The Hall–Kier alpha value is -1.09. The highest BCUT2D eigenvalue weighted by Crippen LogP contribution is 1.95. The van der Waals surface area contributed by atoms with E-state index in [1.165, 1.54) is 0 Å². The summed E-state index contributed by atoms with van der Waals surface area (Å²) in [6, 6.07) is 0.341. The smallest absolute Gasteiger partial charge is 0.103 e. The lowest BCUT2D eigenvalue weighted by molar-refractivity contribution is 0.626. The zero-order valence-electron chi connectivity index (χ0n) is 7.59. The molecule has 0 spiro atoms. The number of rotatable bonds is 4. The molecule has 0 aliphatic heterocycles. The van der Waals surface area contributed by atoms with Gasteiger partial charge in [-0.15, -0.1) is 6.58 Å². The SMILES string of the molecule is C=CC(C)NCc1cnc(C)[nH]1. The van der Waals surface area contributed by atoms with Crippen LogP contribution in [0.15, 0.2) is 18.9 Å². The first-order chi connectivity index (χ1) is 5.72. The molecular formula is C9H15N3. The molecule has 3 heteroatoms. The number of aromatic amines is 1. The fourth-order valence-electron chi connectivity index (χ4n) is 0.916. The Morgan fingerprint density at radius 2 is 2.58 bits per heavy atom. The lowest BCUT2D eigenvalue weighted by Gasteiger charge is -2.06. The highest BCUT2D eigenvalue weighted by Gasteiger charge is 1.97. The van der Waals surface area contributed by atoms with Crippen molar-refractivity contribution in [1.29, 1.82) is 0 Å². The lowest BCUT2D eigenvalue weighted by atomic mass is 10.3. The molecule has 1 unspecified atom stereocenters. The fraction of sp³-hybridized carbons (Fsp3) is 0.444. The van der Waals surface area contributed by atoms with Gasteiger partial charge in [-0.1, -0.05) is 6.08 Å². The first kappa shape index (κ1) is 9.00.